The Balaban J connectivity index is 1.81. The first kappa shape index (κ1) is 20.0. The molecule has 0 fully saturated rings. The molecule has 1 aromatic heterocycles. The van der Waals surface area contributed by atoms with Crippen molar-refractivity contribution < 1.29 is 19.2 Å². The zero-order chi connectivity index (χ0) is 18.9. The van der Waals surface area contributed by atoms with Crippen molar-refractivity contribution in [2.24, 2.45) is 5.73 Å². The smallest absolute Gasteiger partial charge is 0.427 e. The molecule has 1 amide bonds. The molecule has 0 aliphatic heterocycles. The normalized spacial score (nSPS) is 12.0. The number of amides is 1. The highest BCUT2D eigenvalue weighted by atomic mass is 19.1. The van der Waals surface area contributed by atoms with Crippen LogP contribution in [0.4, 0.5) is 4.39 Å². The van der Waals surface area contributed by atoms with Gasteiger partial charge < -0.3 is 21.1 Å². The third kappa shape index (κ3) is 6.50. The van der Waals surface area contributed by atoms with Gasteiger partial charge in [-0.25, -0.2) is 9.07 Å². The number of nitrogens with one attached hydrogen (secondary N) is 1. The van der Waals surface area contributed by atoms with Crippen molar-refractivity contribution in [1.82, 2.24) is 25.5 Å². The lowest BCUT2D eigenvalue weighted by Gasteiger charge is -2.12. The lowest BCUT2D eigenvalue weighted by atomic mass is 9.83. The second-order valence-electron chi connectivity index (χ2n) is 5.97. The molecule has 26 heavy (non-hydrogen) atoms. The first-order chi connectivity index (χ1) is 12.5. The number of carbonyl (C=O) groups excluding carboxylic acids is 1. The van der Waals surface area contributed by atoms with E-state index < -0.39 is 13.2 Å². The van der Waals surface area contributed by atoms with E-state index in [1.807, 2.05) is 0 Å². The molecule has 5 N–H and O–H groups in total. The topological polar surface area (TPSA) is 139 Å². The standard InChI is InChI=1S/C15H22BFN6O3/c17-12-6-4-11(5-7-12)9-19-14(24)10-23-15(20-21-22-23)13(18)3-1-2-8-16(25)26/h4-7,13,25-26H,1-3,8-10,18H2,(H,19,24). The van der Waals surface area contributed by atoms with E-state index >= 15 is 0 Å². The van der Waals surface area contributed by atoms with Gasteiger partial charge in [-0.15, -0.1) is 5.10 Å². The van der Waals surface area contributed by atoms with Crippen LogP contribution in [0.5, 0.6) is 0 Å². The van der Waals surface area contributed by atoms with Gasteiger partial charge in [-0.2, -0.15) is 0 Å². The molecular formula is C15H22BFN6O3. The van der Waals surface area contributed by atoms with Gasteiger partial charge in [-0.1, -0.05) is 25.0 Å². The number of tetrazole rings is 1. The van der Waals surface area contributed by atoms with Crippen LogP contribution in [-0.2, 0) is 17.9 Å². The molecule has 0 radical (unpaired) electrons. The van der Waals surface area contributed by atoms with Gasteiger partial charge in [-0.05, 0) is 40.9 Å². The van der Waals surface area contributed by atoms with Crippen LogP contribution in [0.2, 0.25) is 6.32 Å². The molecule has 9 nitrogen and oxygen atoms in total. The summed E-state index contributed by atoms with van der Waals surface area (Å²) in [5.41, 5.74) is 6.83. The maximum Gasteiger partial charge on any atom is 0.451 e. The number of hydrogen-bond donors (Lipinski definition) is 4. The second kappa shape index (κ2) is 9.95. The fraction of sp³-hybridized carbons (Fsp3) is 0.467. The molecular weight excluding hydrogens is 342 g/mol. The number of hydrogen-bond acceptors (Lipinski definition) is 7. The van der Waals surface area contributed by atoms with Crippen LogP contribution in [0, 0.1) is 5.82 Å². The number of nitrogens with two attached hydrogens (primary N) is 1. The van der Waals surface area contributed by atoms with E-state index in [-0.39, 0.29) is 31.1 Å². The summed E-state index contributed by atoms with van der Waals surface area (Å²) in [6, 6.07) is 5.39. The van der Waals surface area contributed by atoms with Gasteiger partial charge in [0, 0.05) is 6.54 Å². The van der Waals surface area contributed by atoms with E-state index in [0.29, 0.717) is 25.1 Å². The third-order valence-electron chi connectivity index (χ3n) is 3.82. The van der Waals surface area contributed by atoms with E-state index in [4.69, 9.17) is 15.8 Å². The summed E-state index contributed by atoms with van der Waals surface area (Å²) in [6.45, 7) is 0.193. The summed E-state index contributed by atoms with van der Waals surface area (Å²) in [7, 11) is -1.32. The number of unbranched alkanes of at least 4 members (excludes halogenated alkanes) is 1. The SMILES string of the molecule is NC(CCCCB(O)O)c1nnnn1CC(=O)NCc1ccc(F)cc1. The molecule has 0 spiro atoms. The van der Waals surface area contributed by atoms with Crippen molar-refractivity contribution in [3.8, 4) is 0 Å². The molecule has 2 aromatic rings. The maximum atomic E-state index is 12.9. The average molecular weight is 364 g/mol. The first-order valence-corrected chi connectivity index (χ1v) is 8.34. The fourth-order valence-electron chi connectivity index (χ4n) is 2.40. The summed E-state index contributed by atoms with van der Waals surface area (Å²) >= 11 is 0. The summed E-state index contributed by atoms with van der Waals surface area (Å²) in [5, 5.41) is 31.6. The second-order valence-corrected chi connectivity index (χ2v) is 5.97. The maximum absolute atomic E-state index is 12.9. The van der Waals surface area contributed by atoms with Crippen LogP contribution >= 0.6 is 0 Å². The largest absolute Gasteiger partial charge is 0.451 e. The summed E-state index contributed by atoms with van der Waals surface area (Å²) < 4.78 is 14.2. The first-order valence-electron chi connectivity index (χ1n) is 8.34. The molecule has 1 unspecified atom stereocenters. The van der Waals surface area contributed by atoms with E-state index in [0.717, 1.165) is 5.56 Å². The minimum Gasteiger partial charge on any atom is -0.427 e. The molecule has 0 aliphatic rings. The zero-order valence-electron chi connectivity index (χ0n) is 14.3. The van der Waals surface area contributed by atoms with Crippen molar-refractivity contribution in [3.05, 3.63) is 41.5 Å². The Labute approximate surface area is 150 Å². The number of halogens is 1. The monoisotopic (exact) mass is 364 g/mol. The predicted octanol–water partition coefficient (Wildman–Crippen LogP) is -0.229. The number of rotatable bonds is 10. The molecule has 1 aromatic carbocycles. The van der Waals surface area contributed by atoms with Crippen LogP contribution in [0.3, 0.4) is 0 Å². The average Bonchev–Trinajstić information content (AvgIpc) is 3.06. The van der Waals surface area contributed by atoms with E-state index in [9.17, 15) is 9.18 Å². The molecule has 0 aliphatic carbocycles. The van der Waals surface area contributed by atoms with Crippen LogP contribution in [0.15, 0.2) is 24.3 Å². The number of aromatic nitrogens is 4. The van der Waals surface area contributed by atoms with E-state index in [1.54, 1.807) is 12.1 Å². The van der Waals surface area contributed by atoms with Crippen LogP contribution in [0.1, 0.15) is 36.7 Å². The van der Waals surface area contributed by atoms with Crippen LogP contribution in [-0.4, -0.2) is 43.3 Å². The number of nitrogens with zero attached hydrogens (tertiary/aromatic N) is 4. The van der Waals surface area contributed by atoms with Gasteiger partial charge in [0.2, 0.25) is 5.91 Å². The Morgan fingerprint density at radius 1 is 1.31 bits per heavy atom. The van der Waals surface area contributed by atoms with Gasteiger partial charge in [0.05, 0.1) is 6.04 Å². The molecule has 1 heterocycles. The van der Waals surface area contributed by atoms with Gasteiger partial charge in [0.15, 0.2) is 5.82 Å². The molecule has 2 rings (SSSR count). The van der Waals surface area contributed by atoms with Gasteiger partial charge in [0.1, 0.15) is 12.4 Å². The third-order valence-corrected chi connectivity index (χ3v) is 3.82. The highest BCUT2D eigenvalue weighted by Crippen LogP contribution is 2.15. The summed E-state index contributed by atoms with van der Waals surface area (Å²) in [6.07, 6.45) is 2.14. The van der Waals surface area contributed by atoms with Crippen molar-refractivity contribution in [1.29, 1.82) is 0 Å². The molecule has 1 atom stereocenters. The minimum atomic E-state index is -1.32. The summed E-state index contributed by atoms with van der Waals surface area (Å²) in [4.78, 5) is 12.1. The fourth-order valence-corrected chi connectivity index (χ4v) is 2.40. The highest BCUT2D eigenvalue weighted by molar-refractivity contribution is 6.40. The molecule has 0 saturated carbocycles. The molecule has 140 valence electrons. The van der Waals surface area contributed by atoms with Crippen molar-refractivity contribution in [2.75, 3.05) is 0 Å². The van der Waals surface area contributed by atoms with Crippen molar-refractivity contribution in [2.45, 2.75) is 44.7 Å². The minimum absolute atomic E-state index is 0.0768. The lowest BCUT2D eigenvalue weighted by molar-refractivity contribution is -0.122. The Hall–Kier alpha value is -2.37. The Bertz CT molecular complexity index is 697. The quantitative estimate of drug-likeness (QED) is 0.337. The summed E-state index contributed by atoms with van der Waals surface area (Å²) in [5.74, 6) is -0.231. The van der Waals surface area contributed by atoms with E-state index in [2.05, 4.69) is 20.8 Å². The Kier molecular flexibility index (Phi) is 7.63. The highest BCUT2D eigenvalue weighted by Gasteiger charge is 2.17. The van der Waals surface area contributed by atoms with Gasteiger partial charge >= 0.3 is 7.12 Å². The Morgan fingerprint density at radius 3 is 2.73 bits per heavy atom. The number of benzene rings is 1. The van der Waals surface area contributed by atoms with Crippen LogP contribution in [0.25, 0.3) is 0 Å². The Morgan fingerprint density at radius 2 is 2.04 bits per heavy atom. The zero-order valence-corrected chi connectivity index (χ0v) is 14.3. The van der Waals surface area contributed by atoms with Gasteiger partial charge in [0.25, 0.3) is 0 Å². The number of carbonyl (C=O) groups is 1. The van der Waals surface area contributed by atoms with Crippen LogP contribution < -0.4 is 11.1 Å². The van der Waals surface area contributed by atoms with Crippen molar-refractivity contribution >= 4 is 13.0 Å². The lowest BCUT2D eigenvalue weighted by Crippen LogP contribution is -2.29. The molecule has 0 bridgehead atoms. The van der Waals surface area contributed by atoms with Gasteiger partial charge in [-0.3, -0.25) is 4.79 Å². The van der Waals surface area contributed by atoms with Crippen molar-refractivity contribution in [3.63, 3.8) is 0 Å². The molecule has 0 saturated heterocycles. The molecule has 11 heteroatoms. The predicted molar refractivity (Wildman–Crippen MR) is 91.8 cm³/mol. The van der Waals surface area contributed by atoms with E-state index in [1.165, 1.54) is 16.8 Å².